The quantitative estimate of drug-likeness (QED) is 0.311. The lowest BCUT2D eigenvalue weighted by molar-refractivity contribution is -0.121. The lowest BCUT2D eigenvalue weighted by Crippen LogP contribution is -2.42. The summed E-state index contributed by atoms with van der Waals surface area (Å²) in [5.74, 6) is 0.990. The Balaban J connectivity index is 1.29. The van der Waals surface area contributed by atoms with Gasteiger partial charge < -0.3 is 24.8 Å². The second kappa shape index (κ2) is 11.4. The number of carbonyl (C=O) groups excluding carboxylic acids is 2. The third kappa shape index (κ3) is 5.65. The Morgan fingerprint density at radius 1 is 1.03 bits per heavy atom. The zero-order chi connectivity index (χ0) is 27.4. The number of nitrogens with one attached hydrogen (secondary N) is 2. The lowest BCUT2D eigenvalue weighted by Gasteiger charge is -2.14. The number of para-hydroxylation sites is 2. The molecule has 11 nitrogen and oxygen atoms in total. The monoisotopic (exact) mass is 550 g/mol. The summed E-state index contributed by atoms with van der Waals surface area (Å²) in [6.45, 7) is 2.23. The molecule has 12 heteroatoms. The maximum absolute atomic E-state index is 13.3. The maximum Gasteiger partial charge on any atom is 0.332 e. The van der Waals surface area contributed by atoms with E-state index in [0.29, 0.717) is 39.8 Å². The fourth-order valence-electron chi connectivity index (χ4n) is 4.22. The minimum absolute atomic E-state index is 0.0927. The number of hydrogen-bond acceptors (Lipinski definition) is 8. The van der Waals surface area contributed by atoms with Gasteiger partial charge in [0.25, 0.3) is 5.56 Å². The number of thiophene rings is 1. The van der Waals surface area contributed by atoms with Crippen molar-refractivity contribution in [3.05, 3.63) is 80.3 Å². The van der Waals surface area contributed by atoms with Gasteiger partial charge in [-0.3, -0.25) is 23.5 Å². The molecule has 0 bridgehead atoms. The van der Waals surface area contributed by atoms with Crippen LogP contribution >= 0.6 is 11.3 Å². The van der Waals surface area contributed by atoms with Crippen LogP contribution in [0.15, 0.2) is 63.5 Å². The van der Waals surface area contributed by atoms with Gasteiger partial charge in [0, 0.05) is 19.5 Å². The van der Waals surface area contributed by atoms with Gasteiger partial charge in [-0.1, -0.05) is 18.2 Å². The molecule has 0 saturated heterocycles. The van der Waals surface area contributed by atoms with Crippen molar-refractivity contribution in [2.45, 2.75) is 33.0 Å². The van der Waals surface area contributed by atoms with Crippen molar-refractivity contribution in [1.82, 2.24) is 14.5 Å². The van der Waals surface area contributed by atoms with E-state index in [1.165, 1.54) is 15.9 Å². The minimum atomic E-state index is -0.664. The van der Waals surface area contributed by atoms with E-state index in [0.717, 1.165) is 10.1 Å². The number of rotatable bonds is 10. The first-order valence-corrected chi connectivity index (χ1v) is 13.2. The molecule has 4 aromatic rings. The Bertz CT molecular complexity index is 1660. The van der Waals surface area contributed by atoms with Crippen LogP contribution in [0.3, 0.4) is 0 Å². The number of benzene rings is 2. The molecule has 1 aliphatic rings. The highest BCUT2D eigenvalue weighted by Crippen LogP contribution is 2.32. The summed E-state index contributed by atoms with van der Waals surface area (Å²) < 4.78 is 18.8. The van der Waals surface area contributed by atoms with E-state index in [4.69, 9.17) is 14.2 Å². The van der Waals surface area contributed by atoms with E-state index < -0.39 is 17.2 Å². The summed E-state index contributed by atoms with van der Waals surface area (Å²) in [6.07, 6.45) is -0.0927. The Hall–Kier alpha value is -4.58. The number of hydrogen-bond donors (Lipinski definition) is 2. The fourth-order valence-corrected chi connectivity index (χ4v) is 5.06. The summed E-state index contributed by atoms with van der Waals surface area (Å²) in [6, 6.07) is 14.0. The van der Waals surface area contributed by atoms with Crippen LogP contribution in [-0.4, -0.2) is 34.3 Å². The van der Waals surface area contributed by atoms with Crippen LogP contribution in [0.5, 0.6) is 17.2 Å². The molecule has 202 valence electrons. The molecule has 0 spiro atoms. The van der Waals surface area contributed by atoms with Gasteiger partial charge in [0.15, 0.2) is 11.5 Å². The number of anilines is 1. The van der Waals surface area contributed by atoms with Gasteiger partial charge in [0.05, 0.1) is 17.8 Å². The van der Waals surface area contributed by atoms with Crippen LogP contribution < -0.4 is 36.1 Å². The second-order valence-electron chi connectivity index (χ2n) is 8.65. The summed E-state index contributed by atoms with van der Waals surface area (Å²) in [7, 11) is 0. The smallest absolute Gasteiger partial charge is 0.332 e. The van der Waals surface area contributed by atoms with E-state index >= 15 is 0 Å². The van der Waals surface area contributed by atoms with Crippen molar-refractivity contribution in [3.8, 4) is 17.2 Å². The van der Waals surface area contributed by atoms with Gasteiger partial charge in [-0.2, -0.15) is 0 Å². The summed E-state index contributed by atoms with van der Waals surface area (Å²) in [4.78, 5) is 51.8. The standard InChI is InChI=1S/C27H26N4O7S/c1-2-36-20-6-4-3-5-18(20)29-24(33)15-31-19-10-12-39-25(19)26(34)30(27(31)35)11-9-23(32)28-14-17-7-8-21-22(13-17)38-16-37-21/h3-8,10,12-13H,2,9,11,14-16H2,1H3,(H,28,32)(H,29,33). The van der Waals surface area contributed by atoms with Gasteiger partial charge >= 0.3 is 5.69 Å². The highest BCUT2D eigenvalue weighted by atomic mass is 32.1. The van der Waals surface area contributed by atoms with E-state index in [1.807, 2.05) is 13.0 Å². The van der Waals surface area contributed by atoms with Crippen molar-refractivity contribution < 1.29 is 23.8 Å². The Kier molecular flexibility index (Phi) is 7.64. The molecule has 39 heavy (non-hydrogen) atoms. The molecule has 2 aromatic heterocycles. The van der Waals surface area contributed by atoms with Crippen molar-refractivity contribution in [3.63, 3.8) is 0 Å². The average molecular weight is 551 g/mol. The van der Waals surface area contributed by atoms with Crippen LogP contribution in [-0.2, 0) is 29.2 Å². The minimum Gasteiger partial charge on any atom is -0.492 e. The zero-order valence-electron chi connectivity index (χ0n) is 21.1. The van der Waals surface area contributed by atoms with E-state index in [-0.39, 0.29) is 38.8 Å². The van der Waals surface area contributed by atoms with Crippen molar-refractivity contribution >= 4 is 39.1 Å². The number of amides is 2. The number of carbonyl (C=O) groups is 2. The lowest BCUT2D eigenvalue weighted by atomic mass is 10.2. The Morgan fingerprint density at radius 3 is 2.69 bits per heavy atom. The van der Waals surface area contributed by atoms with Gasteiger partial charge in [-0.05, 0) is 48.2 Å². The molecule has 0 unspecified atom stereocenters. The molecule has 3 heterocycles. The third-order valence-electron chi connectivity index (χ3n) is 6.09. The number of fused-ring (bicyclic) bond motifs is 2. The molecule has 5 rings (SSSR count). The fraction of sp³-hybridized carbons (Fsp3) is 0.259. The topological polar surface area (TPSA) is 130 Å². The summed E-state index contributed by atoms with van der Waals surface area (Å²) in [5.41, 5.74) is 0.511. The van der Waals surface area contributed by atoms with Crippen LogP contribution in [0.1, 0.15) is 18.9 Å². The van der Waals surface area contributed by atoms with Gasteiger partial charge in [-0.25, -0.2) is 4.79 Å². The second-order valence-corrected chi connectivity index (χ2v) is 9.57. The number of aromatic nitrogens is 2. The molecule has 2 amide bonds. The highest BCUT2D eigenvalue weighted by molar-refractivity contribution is 7.17. The van der Waals surface area contributed by atoms with E-state index in [1.54, 1.807) is 47.8 Å². The van der Waals surface area contributed by atoms with Crippen molar-refractivity contribution in [2.75, 3.05) is 18.7 Å². The maximum atomic E-state index is 13.3. The molecule has 0 radical (unpaired) electrons. The van der Waals surface area contributed by atoms with Crippen LogP contribution in [0, 0.1) is 0 Å². The molecule has 0 saturated carbocycles. The number of nitrogens with zero attached hydrogens (tertiary/aromatic N) is 2. The molecule has 0 atom stereocenters. The Labute approximate surface area is 226 Å². The van der Waals surface area contributed by atoms with Crippen LogP contribution in [0.4, 0.5) is 5.69 Å². The normalized spacial score (nSPS) is 11.9. The van der Waals surface area contributed by atoms with Gasteiger partial charge in [0.2, 0.25) is 18.6 Å². The molecule has 1 aliphatic heterocycles. The van der Waals surface area contributed by atoms with Crippen molar-refractivity contribution in [1.29, 1.82) is 0 Å². The third-order valence-corrected chi connectivity index (χ3v) is 6.98. The van der Waals surface area contributed by atoms with Gasteiger partial charge in [-0.15, -0.1) is 11.3 Å². The summed E-state index contributed by atoms with van der Waals surface area (Å²) >= 11 is 1.18. The highest BCUT2D eigenvalue weighted by Gasteiger charge is 2.18. The predicted molar refractivity (Wildman–Crippen MR) is 146 cm³/mol. The van der Waals surface area contributed by atoms with Crippen molar-refractivity contribution in [2.24, 2.45) is 0 Å². The van der Waals surface area contributed by atoms with Crippen LogP contribution in [0.25, 0.3) is 10.2 Å². The average Bonchev–Trinajstić information content (AvgIpc) is 3.61. The Morgan fingerprint density at radius 2 is 1.85 bits per heavy atom. The first kappa shape index (κ1) is 26.0. The molecule has 0 aliphatic carbocycles. The molecular weight excluding hydrogens is 524 g/mol. The van der Waals surface area contributed by atoms with Gasteiger partial charge in [0.1, 0.15) is 17.0 Å². The molecule has 0 fully saturated rings. The first-order chi connectivity index (χ1) is 18.9. The van der Waals surface area contributed by atoms with E-state index in [2.05, 4.69) is 10.6 Å². The first-order valence-electron chi connectivity index (χ1n) is 12.3. The summed E-state index contributed by atoms with van der Waals surface area (Å²) in [5, 5.41) is 7.25. The SMILES string of the molecule is CCOc1ccccc1NC(=O)Cn1c(=O)n(CCC(=O)NCc2ccc3c(c2)OCO3)c(=O)c2sccc21. The largest absolute Gasteiger partial charge is 0.492 e. The molecule has 2 N–H and O–H groups in total. The number of ether oxygens (including phenoxy) is 3. The molecular formula is C27H26N4O7S. The predicted octanol–water partition coefficient (Wildman–Crippen LogP) is 2.70. The van der Waals surface area contributed by atoms with E-state index in [9.17, 15) is 19.2 Å². The van der Waals surface area contributed by atoms with Crippen LogP contribution in [0.2, 0.25) is 0 Å². The molecule has 2 aromatic carbocycles. The zero-order valence-corrected chi connectivity index (χ0v) is 21.9.